The van der Waals surface area contributed by atoms with Gasteiger partial charge in [-0.1, -0.05) is 59.9 Å². The average Bonchev–Trinajstić information content (AvgIpc) is 2.88. The van der Waals surface area contributed by atoms with E-state index in [1.54, 1.807) is 23.5 Å². The minimum atomic E-state index is 0.903. The van der Waals surface area contributed by atoms with Gasteiger partial charge in [-0.15, -0.1) is 10.2 Å². The van der Waals surface area contributed by atoms with Crippen molar-refractivity contribution >= 4 is 23.5 Å². The Labute approximate surface area is 119 Å². The van der Waals surface area contributed by atoms with Crippen LogP contribution in [0.2, 0.25) is 0 Å². The largest absolute Gasteiger partial charge is 0.196 e. The molecule has 0 atom stereocenters. The number of hydrogen-bond donors (Lipinski definition) is 1. The van der Waals surface area contributed by atoms with Crippen LogP contribution in [-0.2, 0) is 0 Å². The van der Waals surface area contributed by atoms with Crippen LogP contribution in [0.15, 0.2) is 80.5 Å². The van der Waals surface area contributed by atoms with Crippen molar-refractivity contribution in [2.75, 3.05) is 0 Å². The molecular weight excluding hydrogens is 274 g/mol. The van der Waals surface area contributed by atoms with Crippen molar-refractivity contribution in [2.24, 2.45) is 0 Å². The zero-order valence-electron chi connectivity index (χ0n) is 9.98. The second kappa shape index (κ2) is 5.95. The molecule has 0 radical (unpaired) electrons. The highest BCUT2D eigenvalue weighted by Gasteiger charge is 2.10. The number of aromatic amines is 1. The van der Waals surface area contributed by atoms with E-state index in [1.165, 1.54) is 0 Å². The van der Waals surface area contributed by atoms with Crippen molar-refractivity contribution < 1.29 is 0 Å². The number of aromatic nitrogens is 3. The van der Waals surface area contributed by atoms with E-state index in [9.17, 15) is 0 Å². The summed E-state index contributed by atoms with van der Waals surface area (Å²) in [5, 5.41) is 12.9. The molecule has 0 aliphatic carbocycles. The Morgan fingerprint density at radius 2 is 1.05 bits per heavy atom. The first-order chi connectivity index (χ1) is 9.42. The number of nitrogens with zero attached hydrogens (tertiary/aromatic N) is 2. The number of rotatable bonds is 4. The molecule has 0 saturated carbocycles. The number of H-pyrrole nitrogens is 1. The predicted molar refractivity (Wildman–Crippen MR) is 77.5 cm³/mol. The quantitative estimate of drug-likeness (QED) is 0.783. The summed E-state index contributed by atoms with van der Waals surface area (Å²) in [4.78, 5) is 2.32. The van der Waals surface area contributed by atoms with Crippen molar-refractivity contribution in [1.82, 2.24) is 15.4 Å². The Bertz CT molecular complexity index is 582. The highest BCUT2D eigenvalue weighted by molar-refractivity contribution is 8.02. The van der Waals surface area contributed by atoms with Crippen molar-refractivity contribution in [1.29, 1.82) is 0 Å². The molecule has 0 saturated heterocycles. The highest BCUT2D eigenvalue weighted by atomic mass is 32.2. The van der Waals surface area contributed by atoms with E-state index in [4.69, 9.17) is 0 Å². The zero-order chi connectivity index (χ0) is 12.9. The fourth-order valence-electron chi connectivity index (χ4n) is 1.54. The third kappa shape index (κ3) is 3.19. The van der Waals surface area contributed by atoms with Gasteiger partial charge in [-0.2, -0.15) is 5.21 Å². The third-order valence-corrected chi connectivity index (χ3v) is 4.50. The summed E-state index contributed by atoms with van der Waals surface area (Å²) >= 11 is 3.23. The van der Waals surface area contributed by atoms with Crippen molar-refractivity contribution in [3.63, 3.8) is 0 Å². The summed E-state index contributed by atoms with van der Waals surface area (Å²) in [6, 6.07) is 20.4. The van der Waals surface area contributed by atoms with E-state index in [0.29, 0.717) is 0 Å². The molecule has 0 spiro atoms. The highest BCUT2D eigenvalue weighted by Crippen LogP contribution is 2.35. The fraction of sp³-hybridized carbons (Fsp3) is 0. The average molecular weight is 285 g/mol. The summed E-state index contributed by atoms with van der Waals surface area (Å²) in [7, 11) is 0. The molecule has 19 heavy (non-hydrogen) atoms. The number of benzene rings is 2. The zero-order valence-corrected chi connectivity index (χ0v) is 11.6. The Morgan fingerprint density at radius 1 is 0.632 bits per heavy atom. The van der Waals surface area contributed by atoms with Gasteiger partial charge in [0.05, 0.1) is 0 Å². The minimum absolute atomic E-state index is 0.903. The SMILES string of the molecule is c1ccc(Sc2n[nH]nc2Sc2ccccc2)cc1. The van der Waals surface area contributed by atoms with Crippen LogP contribution in [0, 0.1) is 0 Å². The van der Waals surface area contributed by atoms with E-state index in [0.717, 1.165) is 19.8 Å². The Morgan fingerprint density at radius 3 is 1.47 bits per heavy atom. The smallest absolute Gasteiger partial charge is 0.157 e. The molecule has 2 aromatic carbocycles. The normalized spacial score (nSPS) is 10.5. The van der Waals surface area contributed by atoms with Crippen LogP contribution >= 0.6 is 23.5 Å². The van der Waals surface area contributed by atoms with Gasteiger partial charge in [-0.25, -0.2) is 0 Å². The Balaban J connectivity index is 1.79. The van der Waals surface area contributed by atoms with E-state index in [1.807, 2.05) is 36.4 Å². The van der Waals surface area contributed by atoms with Crippen LogP contribution in [0.25, 0.3) is 0 Å². The number of nitrogens with one attached hydrogen (secondary N) is 1. The summed E-state index contributed by atoms with van der Waals surface area (Å²) in [6.45, 7) is 0. The van der Waals surface area contributed by atoms with Crippen molar-refractivity contribution in [2.45, 2.75) is 19.8 Å². The van der Waals surface area contributed by atoms with Crippen LogP contribution in [0.5, 0.6) is 0 Å². The topological polar surface area (TPSA) is 41.6 Å². The Hall–Kier alpha value is -1.72. The molecular formula is C14H11N3S2. The summed E-state index contributed by atoms with van der Waals surface area (Å²) < 4.78 is 0. The summed E-state index contributed by atoms with van der Waals surface area (Å²) in [5.41, 5.74) is 0. The maximum Gasteiger partial charge on any atom is 0.157 e. The maximum absolute atomic E-state index is 4.21. The summed E-state index contributed by atoms with van der Waals surface area (Å²) in [6.07, 6.45) is 0. The van der Waals surface area contributed by atoms with Gasteiger partial charge in [-0.3, -0.25) is 0 Å². The maximum atomic E-state index is 4.21. The van der Waals surface area contributed by atoms with Crippen LogP contribution in [0.4, 0.5) is 0 Å². The second-order valence-electron chi connectivity index (χ2n) is 3.76. The first kappa shape index (κ1) is 12.3. The lowest BCUT2D eigenvalue weighted by Crippen LogP contribution is -1.78. The van der Waals surface area contributed by atoms with Gasteiger partial charge < -0.3 is 0 Å². The second-order valence-corrected chi connectivity index (χ2v) is 5.89. The lowest BCUT2D eigenvalue weighted by molar-refractivity contribution is 0.902. The number of hydrogen-bond acceptors (Lipinski definition) is 4. The molecule has 5 heteroatoms. The molecule has 0 amide bonds. The standard InChI is InChI=1S/C14H11N3S2/c1-3-7-11(8-4-1)18-13-14(16-17-15-13)19-12-9-5-2-6-10-12/h1-10H,(H,15,16,17). The van der Waals surface area contributed by atoms with Gasteiger partial charge in [-0.05, 0) is 24.3 Å². The van der Waals surface area contributed by atoms with Crippen molar-refractivity contribution in [3.8, 4) is 0 Å². The Kier molecular flexibility index (Phi) is 3.86. The first-order valence-electron chi connectivity index (χ1n) is 5.78. The molecule has 0 bridgehead atoms. The molecule has 0 unspecified atom stereocenters. The molecule has 94 valence electrons. The van der Waals surface area contributed by atoms with Gasteiger partial charge >= 0.3 is 0 Å². The van der Waals surface area contributed by atoms with Gasteiger partial charge in [0.15, 0.2) is 10.1 Å². The van der Waals surface area contributed by atoms with Gasteiger partial charge in [0, 0.05) is 9.79 Å². The molecule has 3 nitrogen and oxygen atoms in total. The van der Waals surface area contributed by atoms with Crippen LogP contribution < -0.4 is 0 Å². The van der Waals surface area contributed by atoms with Gasteiger partial charge in [0.25, 0.3) is 0 Å². The van der Waals surface area contributed by atoms with Gasteiger partial charge in [0.1, 0.15) is 0 Å². The van der Waals surface area contributed by atoms with E-state index in [2.05, 4.69) is 39.7 Å². The predicted octanol–water partition coefficient (Wildman–Crippen LogP) is 4.11. The van der Waals surface area contributed by atoms with E-state index < -0.39 is 0 Å². The van der Waals surface area contributed by atoms with E-state index in [-0.39, 0.29) is 0 Å². The lowest BCUT2D eigenvalue weighted by atomic mass is 10.4. The lowest BCUT2D eigenvalue weighted by Gasteiger charge is -2.00. The fourth-order valence-corrected chi connectivity index (χ4v) is 3.27. The van der Waals surface area contributed by atoms with Crippen LogP contribution in [0.3, 0.4) is 0 Å². The van der Waals surface area contributed by atoms with Crippen LogP contribution in [0.1, 0.15) is 0 Å². The minimum Gasteiger partial charge on any atom is -0.196 e. The van der Waals surface area contributed by atoms with Crippen molar-refractivity contribution in [3.05, 3.63) is 60.7 Å². The van der Waals surface area contributed by atoms with E-state index >= 15 is 0 Å². The monoisotopic (exact) mass is 285 g/mol. The molecule has 0 aliphatic heterocycles. The molecule has 3 rings (SSSR count). The molecule has 1 heterocycles. The van der Waals surface area contributed by atoms with Crippen LogP contribution in [-0.4, -0.2) is 15.4 Å². The third-order valence-electron chi connectivity index (χ3n) is 2.40. The van der Waals surface area contributed by atoms with Gasteiger partial charge in [0.2, 0.25) is 0 Å². The molecule has 3 aromatic rings. The first-order valence-corrected chi connectivity index (χ1v) is 7.42. The molecule has 1 N–H and O–H groups in total. The molecule has 1 aromatic heterocycles. The molecule has 0 aliphatic rings. The summed E-state index contributed by atoms with van der Waals surface area (Å²) in [5.74, 6) is 0. The molecule has 0 fully saturated rings.